The molecule has 20 heavy (non-hydrogen) atoms. The zero-order chi connectivity index (χ0) is 15.0. The average molecular weight is 376 g/mol. The van der Waals surface area contributed by atoms with E-state index in [1.807, 2.05) is 23.9 Å². The third-order valence-electron chi connectivity index (χ3n) is 2.37. The van der Waals surface area contributed by atoms with E-state index in [0.717, 1.165) is 22.5 Å². The summed E-state index contributed by atoms with van der Waals surface area (Å²) in [6.45, 7) is 7.31. The molecule has 5 heteroatoms. The number of benzene rings is 1. The van der Waals surface area contributed by atoms with Gasteiger partial charge in [-0.25, -0.2) is 0 Å². The van der Waals surface area contributed by atoms with Gasteiger partial charge in [0.15, 0.2) is 0 Å². The van der Waals surface area contributed by atoms with Crippen LogP contribution in [0.2, 0.25) is 0 Å². The highest BCUT2D eigenvalue weighted by atomic mass is 79.9. The van der Waals surface area contributed by atoms with Crippen LogP contribution in [0.4, 0.5) is 0 Å². The summed E-state index contributed by atoms with van der Waals surface area (Å²) in [5.74, 6) is 2.49. The summed E-state index contributed by atoms with van der Waals surface area (Å²) < 4.78 is 1.35. The zero-order valence-corrected chi connectivity index (χ0v) is 15.5. The lowest BCUT2D eigenvalue weighted by molar-refractivity contribution is -0.118. The van der Waals surface area contributed by atoms with Gasteiger partial charge < -0.3 is 5.32 Å². The number of halogens is 1. The lowest BCUT2D eigenvalue weighted by atomic mass is 10.2. The Labute approximate surface area is 139 Å². The van der Waals surface area contributed by atoms with E-state index in [9.17, 15) is 4.79 Å². The van der Waals surface area contributed by atoms with Crippen LogP contribution in [0, 0.1) is 0 Å². The number of hydrogen-bond acceptors (Lipinski definition) is 3. The molecule has 0 bridgehead atoms. The fourth-order valence-corrected chi connectivity index (χ4v) is 3.34. The molecule has 0 spiro atoms. The Kier molecular flexibility index (Phi) is 8.07. The molecule has 0 aliphatic rings. The number of hydrogen-bond donors (Lipinski definition) is 1. The van der Waals surface area contributed by atoms with Gasteiger partial charge in [-0.1, -0.05) is 48.8 Å². The van der Waals surface area contributed by atoms with Crippen LogP contribution in [-0.2, 0) is 10.5 Å². The fraction of sp³-hybridized carbons (Fsp3) is 0.533. The first-order valence-corrected chi connectivity index (χ1v) is 9.53. The predicted octanol–water partition coefficient (Wildman–Crippen LogP) is 4.33. The molecule has 2 nitrogen and oxygen atoms in total. The number of amides is 1. The van der Waals surface area contributed by atoms with Gasteiger partial charge in [-0.15, -0.1) is 11.8 Å². The number of nitrogens with one attached hydrogen (secondary N) is 1. The van der Waals surface area contributed by atoms with Crippen LogP contribution in [0.15, 0.2) is 28.7 Å². The highest BCUT2D eigenvalue weighted by molar-refractivity contribution is 9.10. The summed E-state index contributed by atoms with van der Waals surface area (Å²) in [6, 6.07) is 8.21. The normalized spacial score (nSPS) is 11.4. The predicted molar refractivity (Wildman–Crippen MR) is 95.5 cm³/mol. The van der Waals surface area contributed by atoms with E-state index in [2.05, 4.69) is 54.2 Å². The lowest BCUT2D eigenvalue weighted by Gasteiger charge is -2.17. The Balaban J connectivity index is 2.10. The molecule has 1 aromatic rings. The van der Waals surface area contributed by atoms with Gasteiger partial charge in [0.25, 0.3) is 0 Å². The van der Waals surface area contributed by atoms with Crippen molar-refractivity contribution < 1.29 is 4.79 Å². The maximum atomic E-state index is 11.7. The van der Waals surface area contributed by atoms with Gasteiger partial charge in [0.2, 0.25) is 5.91 Å². The molecule has 112 valence electrons. The van der Waals surface area contributed by atoms with Crippen molar-refractivity contribution in [2.75, 3.05) is 18.1 Å². The van der Waals surface area contributed by atoms with Gasteiger partial charge in [0, 0.05) is 27.3 Å². The van der Waals surface area contributed by atoms with Gasteiger partial charge in [0.05, 0.1) is 5.75 Å². The Hall–Kier alpha value is -0.130. The molecule has 0 aliphatic carbocycles. The minimum absolute atomic E-state index is 0.127. The first kappa shape index (κ1) is 17.9. The third kappa shape index (κ3) is 8.93. The molecule has 0 radical (unpaired) electrons. The second-order valence-corrected chi connectivity index (χ2v) is 9.25. The van der Waals surface area contributed by atoms with E-state index in [4.69, 9.17) is 0 Å². The van der Waals surface area contributed by atoms with Crippen molar-refractivity contribution in [1.29, 1.82) is 0 Å². The van der Waals surface area contributed by atoms with E-state index in [1.54, 1.807) is 11.8 Å². The molecule has 0 unspecified atom stereocenters. The average Bonchev–Trinajstić information content (AvgIpc) is 2.36. The molecule has 0 saturated carbocycles. The minimum Gasteiger partial charge on any atom is -0.355 e. The van der Waals surface area contributed by atoms with Gasteiger partial charge in [-0.2, -0.15) is 11.8 Å². The van der Waals surface area contributed by atoms with E-state index >= 15 is 0 Å². The number of thioether (sulfide) groups is 2. The van der Waals surface area contributed by atoms with Crippen LogP contribution in [0.3, 0.4) is 0 Å². The fourth-order valence-electron chi connectivity index (χ4n) is 1.44. The molecule has 0 heterocycles. The van der Waals surface area contributed by atoms with Crippen LogP contribution >= 0.6 is 39.5 Å². The quantitative estimate of drug-likeness (QED) is 0.719. The van der Waals surface area contributed by atoms with Crippen LogP contribution in [0.25, 0.3) is 0 Å². The monoisotopic (exact) mass is 375 g/mol. The van der Waals surface area contributed by atoms with Crippen LogP contribution < -0.4 is 5.32 Å². The molecule has 0 atom stereocenters. The second kappa shape index (κ2) is 9.00. The summed E-state index contributed by atoms with van der Waals surface area (Å²) in [7, 11) is 0. The van der Waals surface area contributed by atoms with Crippen LogP contribution in [0.5, 0.6) is 0 Å². The highest BCUT2D eigenvalue weighted by Crippen LogP contribution is 2.22. The highest BCUT2D eigenvalue weighted by Gasteiger charge is 2.10. The number of rotatable bonds is 7. The summed E-state index contributed by atoms with van der Waals surface area (Å²) in [5.41, 5.74) is 1.24. The molecule has 0 saturated heterocycles. The van der Waals surface area contributed by atoms with Crippen molar-refractivity contribution in [2.45, 2.75) is 31.3 Å². The van der Waals surface area contributed by atoms with Crippen molar-refractivity contribution >= 4 is 45.4 Å². The SMILES string of the molecule is CC(C)(C)SCCNC(=O)CSCc1ccc(Br)cc1. The molecule has 1 N–H and O–H groups in total. The second-order valence-electron chi connectivity index (χ2n) is 5.43. The molecule has 0 aromatic heterocycles. The lowest BCUT2D eigenvalue weighted by Crippen LogP contribution is -2.28. The Morgan fingerprint density at radius 3 is 2.50 bits per heavy atom. The van der Waals surface area contributed by atoms with Gasteiger partial charge in [-0.05, 0) is 17.7 Å². The van der Waals surface area contributed by atoms with Gasteiger partial charge >= 0.3 is 0 Å². The molecule has 0 fully saturated rings. The van der Waals surface area contributed by atoms with Crippen molar-refractivity contribution in [1.82, 2.24) is 5.32 Å². The maximum Gasteiger partial charge on any atom is 0.230 e. The zero-order valence-electron chi connectivity index (χ0n) is 12.2. The summed E-state index contributed by atoms with van der Waals surface area (Å²) in [4.78, 5) is 11.7. The van der Waals surface area contributed by atoms with E-state index in [0.29, 0.717) is 5.75 Å². The first-order chi connectivity index (χ1) is 9.37. The molecule has 1 rings (SSSR count). The molecule has 1 aromatic carbocycles. The van der Waals surface area contributed by atoms with Crippen molar-refractivity contribution in [3.8, 4) is 0 Å². The molecular formula is C15H22BrNOS2. The van der Waals surface area contributed by atoms with Gasteiger partial charge in [0.1, 0.15) is 0 Å². The Morgan fingerprint density at radius 2 is 1.90 bits per heavy atom. The summed E-state index contributed by atoms with van der Waals surface area (Å²) >= 11 is 6.93. The van der Waals surface area contributed by atoms with E-state index in [1.165, 1.54) is 5.56 Å². The van der Waals surface area contributed by atoms with Crippen LogP contribution in [0.1, 0.15) is 26.3 Å². The number of carbonyl (C=O) groups excluding carboxylic acids is 1. The summed E-state index contributed by atoms with van der Waals surface area (Å²) in [5, 5.41) is 2.96. The van der Waals surface area contributed by atoms with Gasteiger partial charge in [-0.3, -0.25) is 4.79 Å². The van der Waals surface area contributed by atoms with E-state index < -0.39 is 0 Å². The third-order valence-corrected chi connectivity index (χ3v) is 5.18. The first-order valence-electron chi connectivity index (χ1n) is 6.60. The Bertz CT molecular complexity index is 415. The van der Waals surface area contributed by atoms with Crippen LogP contribution in [-0.4, -0.2) is 28.7 Å². The molecule has 1 amide bonds. The maximum absolute atomic E-state index is 11.7. The number of carbonyl (C=O) groups is 1. The van der Waals surface area contributed by atoms with Crippen molar-refractivity contribution in [2.24, 2.45) is 0 Å². The molecular weight excluding hydrogens is 354 g/mol. The van der Waals surface area contributed by atoms with Crippen molar-refractivity contribution in [3.05, 3.63) is 34.3 Å². The smallest absolute Gasteiger partial charge is 0.230 e. The minimum atomic E-state index is 0.127. The Morgan fingerprint density at radius 1 is 1.25 bits per heavy atom. The summed E-state index contributed by atoms with van der Waals surface area (Å²) in [6.07, 6.45) is 0. The largest absolute Gasteiger partial charge is 0.355 e. The van der Waals surface area contributed by atoms with Crippen molar-refractivity contribution in [3.63, 3.8) is 0 Å². The molecule has 0 aliphatic heterocycles. The topological polar surface area (TPSA) is 29.1 Å². The van der Waals surface area contributed by atoms with E-state index in [-0.39, 0.29) is 10.7 Å². The standard InChI is InChI=1S/C15H22BrNOS2/c1-15(2,3)20-9-8-17-14(18)11-19-10-12-4-6-13(16)7-5-12/h4-7H,8-11H2,1-3H3,(H,17,18).